The fraction of sp³-hybridized carbons (Fsp3) is 0.696. The van der Waals surface area contributed by atoms with Gasteiger partial charge in [0.2, 0.25) is 0 Å². The van der Waals surface area contributed by atoms with Gasteiger partial charge in [-0.15, -0.1) is 0 Å². The Morgan fingerprint density at radius 3 is 2.63 bits per heavy atom. The van der Waals surface area contributed by atoms with Crippen molar-refractivity contribution in [1.29, 1.82) is 0 Å². The molecule has 1 aliphatic rings. The normalized spacial score (nSPS) is 15.4. The van der Waals surface area contributed by atoms with E-state index in [1.54, 1.807) is 0 Å². The van der Waals surface area contributed by atoms with Crippen LogP contribution in [0.4, 0.5) is 0 Å². The zero-order chi connectivity index (χ0) is 21.4. The third kappa shape index (κ3) is 9.32. The maximum Gasteiger partial charge on any atom is 0.191 e. The van der Waals surface area contributed by atoms with Crippen LogP contribution in [-0.4, -0.2) is 87.9 Å². The first-order chi connectivity index (χ1) is 14.8. The minimum atomic E-state index is 0.597. The maximum atomic E-state index is 6.06. The van der Waals surface area contributed by atoms with Crippen molar-refractivity contribution < 1.29 is 9.47 Å². The number of para-hydroxylation sites is 1. The van der Waals surface area contributed by atoms with Gasteiger partial charge in [0.25, 0.3) is 0 Å². The molecule has 0 bridgehead atoms. The molecule has 30 heavy (non-hydrogen) atoms. The quantitative estimate of drug-likeness (QED) is 0.290. The zero-order valence-electron chi connectivity index (χ0n) is 19.2. The van der Waals surface area contributed by atoms with Gasteiger partial charge in [-0.1, -0.05) is 32.0 Å². The van der Waals surface area contributed by atoms with Crippen LogP contribution in [0.3, 0.4) is 0 Å². The lowest BCUT2D eigenvalue weighted by atomic mass is 10.2. The standard InChI is InChI=1S/C23H41N5O2/c1-4-24-23(25-12-9-13-28-14-17-29-18-15-28)26-20-21-10-7-8-11-22(21)30-19-16-27(5-2)6-3/h7-8,10-11H,4-6,9,12-20H2,1-3H3,(H2,24,25,26). The molecule has 0 amide bonds. The molecule has 0 aliphatic carbocycles. The Morgan fingerprint density at radius 2 is 1.90 bits per heavy atom. The van der Waals surface area contributed by atoms with Crippen LogP contribution in [-0.2, 0) is 11.3 Å². The third-order valence-corrected chi connectivity index (χ3v) is 5.33. The summed E-state index contributed by atoms with van der Waals surface area (Å²) in [5.41, 5.74) is 1.11. The van der Waals surface area contributed by atoms with Crippen LogP contribution in [0.25, 0.3) is 0 Å². The number of ether oxygens (including phenoxy) is 2. The highest BCUT2D eigenvalue weighted by molar-refractivity contribution is 5.79. The van der Waals surface area contributed by atoms with Crippen LogP contribution in [0.15, 0.2) is 29.3 Å². The average Bonchev–Trinajstić information content (AvgIpc) is 2.79. The maximum absolute atomic E-state index is 6.06. The van der Waals surface area contributed by atoms with E-state index < -0.39 is 0 Å². The van der Waals surface area contributed by atoms with Gasteiger partial charge in [0, 0.05) is 38.3 Å². The zero-order valence-corrected chi connectivity index (χ0v) is 19.2. The number of likely N-dealkylation sites (N-methyl/N-ethyl adjacent to an activating group) is 1. The number of hydrogen-bond acceptors (Lipinski definition) is 5. The summed E-state index contributed by atoms with van der Waals surface area (Å²) in [6.45, 7) is 17.4. The number of rotatable bonds is 13. The second-order valence-electron chi connectivity index (χ2n) is 7.41. The van der Waals surface area contributed by atoms with Crippen molar-refractivity contribution >= 4 is 5.96 Å². The van der Waals surface area contributed by atoms with E-state index in [0.717, 1.165) is 89.3 Å². The number of nitrogens with one attached hydrogen (secondary N) is 2. The largest absolute Gasteiger partial charge is 0.492 e. The second kappa shape index (κ2) is 15.0. The lowest BCUT2D eigenvalue weighted by Gasteiger charge is -2.26. The summed E-state index contributed by atoms with van der Waals surface area (Å²) in [4.78, 5) is 9.60. The number of morpholine rings is 1. The van der Waals surface area contributed by atoms with E-state index in [1.165, 1.54) is 0 Å². The van der Waals surface area contributed by atoms with Crippen LogP contribution in [0, 0.1) is 0 Å². The molecule has 1 aliphatic heterocycles. The van der Waals surface area contributed by atoms with Crippen molar-refractivity contribution in [3.8, 4) is 5.75 Å². The monoisotopic (exact) mass is 419 g/mol. The van der Waals surface area contributed by atoms with Gasteiger partial charge in [-0.25, -0.2) is 4.99 Å². The van der Waals surface area contributed by atoms with E-state index in [2.05, 4.69) is 47.3 Å². The Balaban J connectivity index is 1.81. The highest BCUT2D eigenvalue weighted by Crippen LogP contribution is 2.18. The number of guanidine groups is 1. The highest BCUT2D eigenvalue weighted by Gasteiger charge is 2.09. The van der Waals surface area contributed by atoms with Gasteiger partial charge in [0.1, 0.15) is 12.4 Å². The molecule has 1 aromatic carbocycles. The summed E-state index contributed by atoms with van der Waals surface area (Å²) in [5.74, 6) is 1.79. The Labute approximate surface area is 182 Å². The third-order valence-electron chi connectivity index (χ3n) is 5.33. The van der Waals surface area contributed by atoms with E-state index in [0.29, 0.717) is 13.2 Å². The Bertz CT molecular complexity index is 601. The molecule has 0 aromatic heterocycles. The molecule has 1 aromatic rings. The molecule has 0 saturated carbocycles. The van der Waals surface area contributed by atoms with E-state index in [9.17, 15) is 0 Å². The lowest BCUT2D eigenvalue weighted by Crippen LogP contribution is -2.40. The summed E-state index contributed by atoms with van der Waals surface area (Å²) in [7, 11) is 0. The Kier molecular flexibility index (Phi) is 12.3. The first-order valence-electron chi connectivity index (χ1n) is 11.5. The van der Waals surface area contributed by atoms with E-state index in [1.807, 2.05) is 18.2 Å². The van der Waals surface area contributed by atoms with Crippen molar-refractivity contribution in [2.24, 2.45) is 4.99 Å². The summed E-state index contributed by atoms with van der Waals surface area (Å²) in [6, 6.07) is 8.20. The molecule has 7 nitrogen and oxygen atoms in total. The fourth-order valence-electron chi connectivity index (χ4n) is 3.44. The van der Waals surface area contributed by atoms with Crippen LogP contribution < -0.4 is 15.4 Å². The molecule has 1 heterocycles. The van der Waals surface area contributed by atoms with Gasteiger partial charge in [-0.05, 0) is 39.0 Å². The molecule has 0 unspecified atom stereocenters. The van der Waals surface area contributed by atoms with E-state index in [-0.39, 0.29) is 0 Å². The van der Waals surface area contributed by atoms with Crippen molar-refractivity contribution in [2.75, 3.05) is 72.2 Å². The molecule has 2 rings (SSSR count). The SMILES string of the molecule is CCNC(=NCc1ccccc1OCCN(CC)CC)NCCCN1CCOCC1. The van der Waals surface area contributed by atoms with Crippen molar-refractivity contribution in [3.63, 3.8) is 0 Å². The summed E-state index contributed by atoms with van der Waals surface area (Å²) >= 11 is 0. The Morgan fingerprint density at radius 1 is 1.13 bits per heavy atom. The summed E-state index contributed by atoms with van der Waals surface area (Å²) in [6.07, 6.45) is 1.09. The van der Waals surface area contributed by atoms with Gasteiger partial charge in [-0.3, -0.25) is 4.90 Å². The van der Waals surface area contributed by atoms with Gasteiger partial charge in [-0.2, -0.15) is 0 Å². The molecule has 0 spiro atoms. The summed E-state index contributed by atoms with van der Waals surface area (Å²) < 4.78 is 11.5. The molecule has 7 heteroatoms. The van der Waals surface area contributed by atoms with Gasteiger partial charge < -0.3 is 25.0 Å². The van der Waals surface area contributed by atoms with Crippen LogP contribution in [0.5, 0.6) is 5.75 Å². The highest BCUT2D eigenvalue weighted by atomic mass is 16.5. The average molecular weight is 420 g/mol. The first-order valence-corrected chi connectivity index (χ1v) is 11.5. The molecular formula is C23H41N5O2. The fourth-order valence-corrected chi connectivity index (χ4v) is 3.44. The van der Waals surface area contributed by atoms with Gasteiger partial charge in [0.15, 0.2) is 5.96 Å². The molecule has 0 radical (unpaired) electrons. The van der Waals surface area contributed by atoms with E-state index >= 15 is 0 Å². The summed E-state index contributed by atoms with van der Waals surface area (Å²) in [5, 5.41) is 6.80. The lowest BCUT2D eigenvalue weighted by molar-refractivity contribution is 0.0376. The predicted molar refractivity (Wildman–Crippen MR) is 124 cm³/mol. The predicted octanol–water partition coefficient (Wildman–Crippen LogP) is 2.18. The number of aliphatic imine (C=N–C) groups is 1. The molecule has 170 valence electrons. The van der Waals surface area contributed by atoms with Crippen LogP contribution in [0.2, 0.25) is 0 Å². The minimum absolute atomic E-state index is 0.597. The van der Waals surface area contributed by atoms with Crippen molar-refractivity contribution in [2.45, 2.75) is 33.7 Å². The number of hydrogen-bond donors (Lipinski definition) is 2. The van der Waals surface area contributed by atoms with Gasteiger partial charge in [0.05, 0.1) is 19.8 Å². The second-order valence-corrected chi connectivity index (χ2v) is 7.41. The number of benzene rings is 1. The minimum Gasteiger partial charge on any atom is -0.492 e. The number of nitrogens with zero attached hydrogens (tertiary/aromatic N) is 3. The molecule has 1 saturated heterocycles. The van der Waals surface area contributed by atoms with E-state index in [4.69, 9.17) is 14.5 Å². The molecule has 2 N–H and O–H groups in total. The topological polar surface area (TPSA) is 61.4 Å². The molecule has 1 fully saturated rings. The Hall–Kier alpha value is -1.83. The smallest absolute Gasteiger partial charge is 0.191 e. The van der Waals surface area contributed by atoms with Crippen LogP contribution in [0.1, 0.15) is 32.8 Å². The first kappa shape index (κ1) is 24.4. The van der Waals surface area contributed by atoms with Crippen molar-refractivity contribution in [1.82, 2.24) is 20.4 Å². The molecular weight excluding hydrogens is 378 g/mol. The molecule has 0 atom stereocenters. The van der Waals surface area contributed by atoms with Crippen LogP contribution >= 0.6 is 0 Å². The van der Waals surface area contributed by atoms with Gasteiger partial charge >= 0.3 is 0 Å². The van der Waals surface area contributed by atoms with Crippen molar-refractivity contribution in [3.05, 3.63) is 29.8 Å².